The van der Waals surface area contributed by atoms with Crippen LogP contribution in [0.1, 0.15) is 30.1 Å². The van der Waals surface area contributed by atoms with Gasteiger partial charge in [-0.15, -0.1) is 0 Å². The molecule has 1 aliphatic heterocycles. The largest absolute Gasteiger partial charge is 0.492 e. The maximum absolute atomic E-state index is 12.8. The van der Waals surface area contributed by atoms with Gasteiger partial charge in [0.2, 0.25) is 5.91 Å². The quantitative estimate of drug-likeness (QED) is 0.309. The van der Waals surface area contributed by atoms with Gasteiger partial charge in [0.1, 0.15) is 11.5 Å². The summed E-state index contributed by atoms with van der Waals surface area (Å²) in [5.74, 6) is 0.383. The maximum atomic E-state index is 12.8. The number of ether oxygens (including phenoxy) is 2. The van der Waals surface area contributed by atoms with Crippen molar-refractivity contribution >= 4 is 45.3 Å². The highest BCUT2D eigenvalue weighted by molar-refractivity contribution is 9.10. The summed E-state index contributed by atoms with van der Waals surface area (Å²) in [4.78, 5) is 39.9. The summed E-state index contributed by atoms with van der Waals surface area (Å²) in [6, 6.07) is 11.9. The van der Waals surface area contributed by atoms with Gasteiger partial charge in [-0.05, 0) is 42.8 Å². The number of benzene rings is 2. The average Bonchev–Trinajstić information content (AvgIpc) is 2.77. The zero-order valence-electron chi connectivity index (χ0n) is 17.7. The van der Waals surface area contributed by atoms with Crippen molar-refractivity contribution in [2.24, 2.45) is 0 Å². The smallest absolute Gasteiger partial charge is 0.308 e. The van der Waals surface area contributed by atoms with Gasteiger partial charge in [0.05, 0.1) is 11.6 Å². The molecule has 3 rings (SSSR count). The zero-order valence-corrected chi connectivity index (χ0v) is 20.0. The third-order valence-corrected chi connectivity index (χ3v) is 5.74. The summed E-state index contributed by atoms with van der Waals surface area (Å²) in [6.07, 6.45) is 0.944. The molecule has 0 spiro atoms. The summed E-state index contributed by atoms with van der Waals surface area (Å²) in [5, 5.41) is 0.518. The van der Waals surface area contributed by atoms with E-state index >= 15 is 0 Å². The Balaban J connectivity index is 1.42. The molecule has 0 saturated carbocycles. The molecule has 9 heteroatoms. The van der Waals surface area contributed by atoms with Gasteiger partial charge in [-0.1, -0.05) is 33.6 Å². The molecule has 32 heavy (non-hydrogen) atoms. The van der Waals surface area contributed by atoms with Gasteiger partial charge in [0.15, 0.2) is 0 Å². The average molecular weight is 524 g/mol. The molecule has 1 saturated heterocycles. The van der Waals surface area contributed by atoms with Gasteiger partial charge < -0.3 is 19.3 Å². The molecule has 0 bridgehead atoms. The SMILES string of the molecule is CC(=O)Oc1cccc(C(=O)N2CCN(C(=O)CCCOc3ccc(Br)cc3Cl)CC2)c1. The second-order valence-electron chi connectivity index (χ2n) is 7.32. The van der Waals surface area contributed by atoms with E-state index in [-0.39, 0.29) is 11.8 Å². The first-order chi connectivity index (χ1) is 15.3. The first-order valence-electron chi connectivity index (χ1n) is 10.3. The Kier molecular flexibility index (Phi) is 8.53. The number of hydrogen-bond donors (Lipinski definition) is 0. The Morgan fingerprint density at radius 3 is 2.44 bits per heavy atom. The van der Waals surface area contributed by atoms with Crippen molar-refractivity contribution in [2.45, 2.75) is 19.8 Å². The fourth-order valence-corrected chi connectivity index (χ4v) is 4.08. The van der Waals surface area contributed by atoms with E-state index in [2.05, 4.69) is 15.9 Å². The van der Waals surface area contributed by atoms with E-state index in [1.165, 1.54) is 6.92 Å². The number of carbonyl (C=O) groups is 3. The Labute approximate surface area is 200 Å². The van der Waals surface area contributed by atoms with Crippen LogP contribution in [0.5, 0.6) is 11.5 Å². The van der Waals surface area contributed by atoms with Crippen LogP contribution < -0.4 is 9.47 Å². The van der Waals surface area contributed by atoms with Gasteiger partial charge in [-0.25, -0.2) is 0 Å². The number of rotatable bonds is 7. The van der Waals surface area contributed by atoms with Crippen LogP contribution in [-0.4, -0.2) is 60.4 Å². The molecule has 1 aliphatic rings. The Hall–Kier alpha value is -2.58. The van der Waals surface area contributed by atoms with Gasteiger partial charge in [0, 0.05) is 49.6 Å². The number of piperazine rings is 1. The molecular formula is C23H24BrClN2O5. The monoisotopic (exact) mass is 522 g/mol. The standard InChI is InChI=1S/C23H24BrClN2O5/c1-16(28)32-19-5-2-4-17(14-19)23(30)27-11-9-26(10-12-27)22(29)6-3-13-31-21-8-7-18(24)15-20(21)25/h2,4-5,7-8,14-15H,3,6,9-13H2,1H3. The number of esters is 1. The summed E-state index contributed by atoms with van der Waals surface area (Å²) in [6.45, 7) is 3.57. The van der Waals surface area contributed by atoms with E-state index in [4.69, 9.17) is 21.1 Å². The van der Waals surface area contributed by atoms with Crippen molar-refractivity contribution in [3.8, 4) is 11.5 Å². The summed E-state index contributed by atoms with van der Waals surface area (Å²) < 4.78 is 11.6. The third-order valence-electron chi connectivity index (χ3n) is 4.95. The highest BCUT2D eigenvalue weighted by Gasteiger charge is 2.25. The molecule has 2 aromatic rings. The fourth-order valence-electron chi connectivity index (χ4n) is 3.36. The summed E-state index contributed by atoms with van der Waals surface area (Å²) in [7, 11) is 0. The summed E-state index contributed by atoms with van der Waals surface area (Å²) >= 11 is 9.47. The number of hydrogen-bond acceptors (Lipinski definition) is 5. The lowest BCUT2D eigenvalue weighted by Gasteiger charge is -2.35. The van der Waals surface area contributed by atoms with Crippen LogP contribution in [0.3, 0.4) is 0 Å². The van der Waals surface area contributed by atoms with Crippen LogP contribution in [0.25, 0.3) is 0 Å². The van der Waals surface area contributed by atoms with E-state index in [1.807, 2.05) is 6.07 Å². The third kappa shape index (κ3) is 6.71. The van der Waals surface area contributed by atoms with E-state index in [1.54, 1.807) is 46.2 Å². The number of halogens is 2. The minimum absolute atomic E-state index is 0.0412. The number of amides is 2. The van der Waals surface area contributed by atoms with Crippen LogP contribution in [0.4, 0.5) is 0 Å². The van der Waals surface area contributed by atoms with Crippen LogP contribution in [0, 0.1) is 0 Å². The van der Waals surface area contributed by atoms with Gasteiger partial charge in [0.25, 0.3) is 5.91 Å². The highest BCUT2D eigenvalue weighted by Crippen LogP contribution is 2.27. The number of carbonyl (C=O) groups excluding carboxylic acids is 3. The van der Waals surface area contributed by atoms with Crippen molar-refractivity contribution in [1.82, 2.24) is 9.80 Å². The highest BCUT2D eigenvalue weighted by atomic mass is 79.9. The number of nitrogens with zero attached hydrogens (tertiary/aromatic N) is 2. The van der Waals surface area contributed by atoms with Gasteiger partial charge in [-0.2, -0.15) is 0 Å². The molecule has 2 aromatic carbocycles. The van der Waals surface area contributed by atoms with Crippen LogP contribution in [0.15, 0.2) is 46.9 Å². The van der Waals surface area contributed by atoms with Crippen molar-refractivity contribution in [3.05, 3.63) is 57.5 Å². The maximum Gasteiger partial charge on any atom is 0.308 e. The Morgan fingerprint density at radius 2 is 1.75 bits per heavy atom. The van der Waals surface area contributed by atoms with Gasteiger partial charge in [-0.3, -0.25) is 14.4 Å². The molecule has 0 atom stereocenters. The normalized spacial score (nSPS) is 13.6. The lowest BCUT2D eigenvalue weighted by atomic mass is 10.1. The van der Waals surface area contributed by atoms with Crippen molar-refractivity contribution in [3.63, 3.8) is 0 Å². The van der Waals surface area contributed by atoms with E-state index in [0.717, 1.165) is 4.47 Å². The Bertz CT molecular complexity index is 992. The second-order valence-corrected chi connectivity index (χ2v) is 8.64. The van der Waals surface area contributed by atoms with E-state index in [9.17, 15) is 14.4 Å². The second kappa shape index (κ2) is 11.3. The van der Waals surface area contributed by atoms with E-state index in [0.29, 0.717) is 67.7 Å². The summed E-state index contributed by atoms with van der Waals surface area (Å²) in [5.41, 5.74) is 0.451. The molecule has 0 N–H and O–H groups in total. The fraction of sp³-hybridized carbons (Fsp3) is 0.348. The Morgan fingerprint density at radius 1 is 1.03 bits per heavy atom. The molecule has 0 aliphatic carbocycles. The van der Waals surface area contributed by atoms with E-state index < -0.39 is 5.97 Å². The molecule has 1 heterocycles. The molecule has 0 aromatic heterocycles. The van der Waals surface area contributed by atoms with Crippen molar-refractivity contribution in [1.29, 1.82) is 0 Å². The molecular weight excluding hydrogens is 500 g/mol. The molecule has 0 radical (unpaired) electrons. The molecule has 1 fully saturated rings. The van der Waals surface area contributed by atoms with Crippen molar-refractivity contribution in [2.75, 3.05) is 32.8 Å². The van der Waals surface area contributed by atoms with Crippen LogP contribution >= 0.6 is 27.5 Å². The first-order valence-corrected chi connectivity index (χ1v) is 11.4. The minimum Gasteiger partial charge on any atom is -0.492 e. The predicted molar refractivity (Wildman–Crippen MR) is 124 cm³/mol. The topological polar surface area (TPSA) is 76.2 Å². The van der Waals surface area contributed by atoms with Crippen LogP contribution in [0.2, 0.25) is 5.02 Å². The predicted octanol–water partition coefficient (Wildman–Crippen LogP) is 4.17. The van der Waals surface area contributed by atoms with Crippen LogP contribution in [-0.2, 0) is 9.59 Å². The van der Waals surface area contributed by atoms with Crippen molar-refractivity contribution < 1.29 is 23.9 Å². The molecule has 7 nitrogen and oxygen atoms in total. The lowest BCUT2D eigenvalue weighted by molar-refractivity contribution is -0.133. The first kappa shape index (κ1) is 24.1. The molecule has 0 unspecified atom stereocenters. The van der Waals surface area contributed by atoms with Gasteiger partial charge >= 0.3 is 5.97 Å². The molecule has 2 amide bonds. The lowest BCUT2D eigenvalue weighted by Crippen LogP contribution is -2.50. The molecule has 170 valence electrons. The minimum atomic E-state index is -0.438. The zero-order chi connectivity index (χ0) is 23.1.